The molecular weight excluding hydrogens is 468 g/mol. The number of aromatic nitrogens is 4. The van der Waals surface area contributed by atoms with Crippen LogP contribution in [0.3, 0.4) is 0 Å². The summed E-state index contributed by atoms with van der Waals surface area (Å²) in [7, 11) is 0. The van der Waals surface area contributed by atoms with Crippen molar-refractivity contribution < 1.29 is 13.9 Å². The first-order chi connectivity index (χ1) is 18.9. The smallest absolute Gasteiger partial charge is 0.375 e. The number of nitrogens with zero attached hydrogens (tertiary/aromatic N) is 4. The lowest BCUT2D eigenvalue weighted by molar-refractivity contribution is -0.956. The quantitative estimate of drug-likeness (QED) is 0.192. The lowest BCUT2D eigenvalue weighted by atomic mass is 9.84. The number of hydrogen-bond acceptors (Lipinski definition) is 1. The van der Waals surface area contributed by atoms with E-state index in [2.05, 4.69) is 128 Å². The Morgan fingerprint density at radius 1 is 0.605 bits per heavy atom. The minimum absolute atomic E-state index is 0.607. The van der Waals surface area contributed by atoms with Crippen molar-refractivity contribution in [2.45, 2.75) is 5.66 Å². The van der Waals surface area contributed by atoms with E-state index in [1.54, 1.807) is 0 Å². The molecule has 0 saturated heterocycles. The van der Waals surface area contributed by atoms with Crippen molar-refractivity contribution in [1.29, 1.82) is 0 Å². The minimum atomic E-state index is -0.607. The third kappa shape index (κ3) is 1.60. The lowest BCUT2D eigenvalue weighted by Gasteiger charge is -2.34. The third-order valence-corrected chi connectivity index (χ3v) is 9.14. The molecule has 0 N–H and O–H groups in total. The van der Waals surface area contributed by atoms with E-state index in [1.807, 2.05) is 0 Å². The van der Waals surface area contributed by atoms with Crippen molar-refractivity contribution in [1.82, 2.24) is 8.97 Å². The summed E-state index contributed by atoms with van der Waals surface area (Å²) in [6.07, 6.45) is 6.68. The van der Waals surface area contributed by atoms with E-state index in [-0.39, 0.29) is 0 Å². The van der Waals surface area contributed by atoms with E-state index < -0.39 is 5.66 Å². The Morgan fingerprint density at radius 3 is 2.42 bits per heavy atom. The molecule has 11 rings (SSSR count). The van der Waals surface area contributed by atoms with E-state index in [0.717, 1.165) is 17.3 Å². The summed E-state index contributed by atoms with van der Waals surface area (Å²) in [5.74, 6) is 2.99. The van der Waals surface area contributed by atoms with Crippen LogP contribution in [0, 0.1) is 0 Å². The summed E-state index contributed by atoms with van der Waals surface area (Å²) in [6.45, 7) is 0. The molecule has 0 radical (unpaired) electrons. The van der Waals surface area contributed by atoms with E-state index in [1.165, 1.54) is 60.3 Å². The molecule has 1 atom stereocenters. The van der Waals surface area contributed by atoms with Crippen LogP contribution in [0.1, 0.15) is 11.1 Å². The van der Waals surface area contributed by atoms with Crippen LogP contribution >= 0.6 is 0 Å². The molecule has 0 aliphatic carbocycles. The average Bonchev–Trinajstić information content (AvgIpc) is 3.67. The molecule has 0 fully saturated rings. The number of rotatable bonds is 0. The summed E-state index contributed by atoms with van der Waals surface area (Å²) < 4.78 is 16.6. The maximum atomic E-state index is 6.81. The Hall–Kier alpha value is -5.16. The molecule has 174 valence electrons. The van der Waals surface area contributed by atoms with Gasteiger partial charge in [0.25, 0.3) is 5.82 Å². The van der Waals surface area contributed by atoms with Gasteiger partial charge in [-0.05, 0) is 60.7 Å². The normalized spacial score (nSPS) is 17.8. The van der Waals surface area contributed by atoms with Gasteiger partial charge >= 0.3 is 5.66 Å². The van der Waals surface area contributed by atoms with Gasteiger partial charge in [0.15, 0.2) is 17.3 Å². The molecule has 8 aromatic rings. The molecule has 0 saturated carbocycles. The van der Waals surface area contributed by atoms with Crippen molar-refractivity contribution in [3.8, 4) is 17.3 Å². The molecule has 8 heterocycles. The fourth-order valence-electron chi connectivity index (χ4n) is 7.92. The number of hydrogen-bond donors (Lipinski definition) is 0. The largest absolute Gasteiger partial charge is 0.456 e. The summed E-state index contributed by atoms with van der Waals surface area (Å²) in [4.78, 5) is 0. The predicted octanol–water partition coefficient (Wildman–Crippen LogP) is 5.95. The second-order valence-electron chi connectivity index (χ2n) is 10.6. The van der Waals surface area contributed by atoms with Crippen molar-refractivity contribution >= 4 is 49.1 Å². The molecular formula is C33H18N4O+2. The van der Waals surface area contributed by atoms with Crippen LogP contribution in [0.4, 0.5) is 0 Å². The van der Waals surface area contributed by atoms with Gasteiger partial charge < -0.3 is 9.14 Å². The van der Waals surface area contributed by atoms with Gasteiger partial charge in [-0.15, -0.1) is 4.57 Å². The number of ether oxygens (including phenoxy) is 1. The van der Waals surface area contributed by atoms with Gasteiger partial charge in [-0.25, -0.2) is 0 Å². The first-order valence-electron chi connectivity index (χ1n) is 13.0. The number of benzene rings is 3. The third-order valence-electron chi connectivity index (χ3n) is 9.14. The zero-order valence-electron chi connectivity index (χ0n) is 20.1. The SMILES string of the molecule is c1cc[n+]2c(c1)-n1c3ccccc3c3ccc4c(c31)C21c2c(ccc3c2c2c(ccc[n+]21)c1cccn13)O4. The number of pyridine rings is 3. The highest BCUT2D eigenvalue weighted by atomic mass is 16.5. The van der Waals surface area contributed by atoms with Crippen LogP contribution in [0.2, 0.25) is 0 Å². The van der Waals surface area contributed by atoms with Crippen LogP contribution in [0.15, 0.2) is 110 Å². The first kappa shape index (κ1) is 18.1. The molecule has 3 aromatic carbocycles. The Balaban J connectivity index is 1.51. The van der Waals surface area contributed by atoms with Crippen LogP contribution in [0.5, 0.6) is 11.5 Å². The summed E-state index contributed by atoms with van der Waals surface area (Å²) in [5.41, 5.74) is 7.93. The topological polar surface area (TPSA) is 26.3 Å². The van der Waals surface area contributed by atoms with Gasteiger partial charge in [0.2, 0.25) is 5.52 Å². The molecule has 3 aliphatic heterocycles. The molecule has 3 aliphatic rings. The van der Waals surface area contributed by atoms with Gasteiger partial charge in [0.1, 0.15) is 22.6 Å². The molecule has 0 amide bonds. The van der Waals surface area contributed by atoms with Crippen LogP contribution in [-0.2, 0) is 5.66 Å². The van der Waals surface area contributed by atoms with Gasteiger partial charge in [-0.3, -0.25) is 0 Å². The zero-order chi connectivity index (χ0) is 24.3. The van der Waals surface area contributed by atoms with Gasteiger partial charge in [-0.2, -0.15) is 9.13 Å². The molecule has 5 heteroatoms. The van der Waals surface area contributed by atoms with Crippen LogP contribution < -0.4 is 13.9 Å². The summed E-state index contributed by atoms with van der Waals surface area (Å²) in [6, 6.07) is 32.9. The highest BCUT2D eigenvalue weighted by Gasteiger charge is 2.66. The summed E-state index contributed by atoms with van der Waals surface area (Å²) >= 11 is 0. The van der Waals surface area contributed by atoms with Crippen LogP contribution in [-0.4, -0.2) is 8.97 Å². The van der Waals surface area contributed by atoms with Gasteiger partial charge in [0.05, 0.1) is 28.0 Å². The van der Waals surface area contributed by atoms with Crippen molar-refractivity contribution in [3.63, 3.8) is 0 Å². The lowest BCUT2D eigenvalue weighted by Crippen LogP contribution is -2.75. The fraction of sp³-hybridized carbons (Fsp3) is 0.0303. The highest BCUT2D eigenvalue weighted by Crippen LogP contribution is 2.56. The van der Waals surface area contributed by atoms with E-state index >= 15 is 0 Å². The van der Waals surface area contributed by atoms with E-state index in [9.17, 15) is 0 Å². The second kappa shape index (κ2) is 5.55. The predicted molar refractivity (Wildman–Crippen MR) is 145 cm³/mol. The standard InChI is InChI=1S/C33H18N4O/c1-2-9-23-19(7-1)20-12-14-26-30-32(20)37(23)27-11-3-4-17-35(27)33(30)29-25(38-26)15-13-24-28(29)31-21(8-5-18-36(31)33)22-10-6-16-34(22)24/h1-18H/q+2. The number of para-hydroxylation sites is 1. The van der Waals surface area contributed by atoms with Crippen molar-refractivity contribution in [3.05, 3.63) is 121 Å². The Labute approximate surface area is 215 Å². The maximum Gasteiger partial charge on any atom is 0.375 e. The average molecular weight is 487 g/mol. The summed E-state index contributed by atoms with van der Waals surface area (Å²) in [5, 5.41) is 5.02. The molecule has 1 unspecified atom stereocenters. The maximum absolute atomic E-state index is 6.81. The second-order valence-corrected chi connectivity index (χ2v) is 10.6. The molecule has 1 spiro atoms. The van der Waals surface area contributed by atoms with Crippen molar-refractivity contribution in [2.75, 3.05) is 0 Å². The van der Waals surface area contributed by atoms with Gasteiger partial charge in [-0.1, -0.05) is 18.2 Å². The molecule has 0 bridgehead atoms. The zero-order valence-corrected chi connectivity index (χ0v) is 20.1. The Bertz CT molecular complexity index is 2450. The van der Waals surface area contributed by atoms with Crippen molar-refractivity contribution in [2.24, 2.45) is 0 Å². The Kier molecular flexibility index (Phi) is 2.65. The minimum Gasteiger partial charge on any atom is -0.456 e. The van der Waals surface area contributed by atoms with E-state index in [0.29, 0.717) is 0 Å². The first-order valence-corrected chi connectivity index (χ1v) is 13.0. The van der Waals surface area contributed by atoms with E-state index in [4.69, 9.17) is 4.74 Å². The number of fused-ring (bicyclic) bond motifs is 8. The molecule has 5 aromatic heterocycles. The fourth-order valence-corrected chi connectivity index (χ4v) is 7.92. The molecule has 38 heavy (non-hydrogen) atoms. The van der Waals surface area contributed by atoms with Crippen LogP contribution in [0.25, 0.3) is 54.9 Å². The monoisotopic (exact) mass is 486 g/mol. The highest BCUT2D eigenvalue weighted by molar-refractivity contribution is 6.15. The van der Waals surface area contributed by atoms with Gasteiger partial charge in [0, 0.05) is 29.1 Å². The molecule has 5 nitrogen and oxygen atoms in total. The Morgan fingerprint density at radius 2 is 1.42 bits per heavy atom.